The average Bonchev–Trinajstić information content (AvgIpc) is 2.52. The number of aliphatic hydroxyl groups is 1. The molecule has 0 aliphatic heterocycles. The summed E-state index contributed by atoms with van der Waals surface area (Å²) in [4.78, 5) is 11.3. The number of carbonyl (C=O) groups excluding carboxylic acids is 1. The Morgan fingerprint density at radius 1 is 1.12 bits per heavy atom. The van der Waals surface area contributed by atoms with Crippen LogP contribution in [0.15, 0.2) is 48.5 Å². The van der Waals surface area contributed by atoms with Gasteiger partial charge in [-0.15, -0.1) is 0 Å². The zero-order valence-corrected chi connectivity index (χ0v) is 12.9. The van der Waals surface area contributed by atoms with E-state index in [9.17, 15) is 28.2 Å². The smallest absolute Gasteiger partial charge is 0.270 e. The predicted molar refractivity (Wildman–Crippen MR) is 79.6 cm³/mol. The van der Waals surface area contributed by atoms with E-state index in [1.165, 1.54) is 36.4 Å². The summed E-state index contributed by atoms with van der Waals surface area (Å²) < 4.78 is 39.3. The molecule has 2 unspecified atom stereocenters. The van der Waals surface area contributed by atoms with E-state index in [2.05, 4.69) is 0 Å². The number of hydrogen-bond acceptors (Lipinski definition) is 3. The predicted octanol–water partition coefficient (Wildman–Crippen LogP) is 2.58. The number of hydrogen-bond donors (Lipinski definition) is 1. The molecule has 0 aromatic heterocycles. The summed E-state index contributed by atoms with van der Waals surface area (Å²) in [7, 11) is 0. The summed E-state index contributed by atoms with van der Waals surface area (Å²) in [5.74, 6) is -6.26. The van der Waals surface area contributed by atoms with Crippen LogP contribution in [-0.4, -0.2) is 11.1 Å². The summed E-state index contributed by atoms with van der Waals surface area (Å²) in [5.41, 5.74) is 0.524. The molecule has 2 aromatic carbocycles. The van der Waals surface area contributed by atoms with Crippen LogP contribution in [-0.2, 0) is 17.1 Å². The van der Waals surface area contributed by atoms with Gasteiger partial charge in [-0.25, -0.2) is 13.2 Å². The van der Waals surface area contributed by atoms with E-state index in [0.29, 0.717) is 5.56 Å². The van der Waals surface area contributed by atoms with Gasteiger partial charge in [0.25, 0.3) is 5.92 Å². The van der Waals surface area contributed by atoms with Crippen molar-refractivity contribution in [2.75, 3.05) is 0 Å². The number of carboxylic acid groups (broad SMARTS) is 1. The molecular weight excluding hydrogens is 321 g/mol. The largest absolute Gasteiger partial charge is 0.550 e. The van der Waals surface area contributed by atoms with Crippen LogP contribution >= 0.6 is 0 Å². The van der Waals surface area contributed by atoms with Crippen LogP contribution in [0.3, 0.4) is 0 Å². The average molecular weight is 337 g/mol. The van der Waals surface area contributed by atoms with Crippen LogP contribution in [0.4, 0.5) is 13.2 Å². The van der Waals surface area contributed by atoms with Crippen LogP contribution < -0.4 is 5.11 Å². The van der Waals surface area contributed by atoms with Gasteiger partial charge in [0.15, 0.2) is 0 Å². The Bertz CT molecular complexity index is 691. The van der Waals surface area contributed by atoms with Crippen molar-refractivity contribution in [2.24, 2.45) is 5.92 Å². The Balaban J connectivity index is 2.19. The van der Waals surface area contributed by atoms with Crippen molar-refractivity contribution in [3.8, 4) is 0 Å². The quantitative estimate of drug-likeness (QED) is 0.881. The van der Waals surface area contributed by atoms with E-state index in [0.717, 1.165) is 19.1 Å². The minimum atomic E-state index is -2.99. The first-order valence-electron chi connectivity index (χ1n) is 7.30. The number of carbonyl (C=O) groups is 1. The van der Waals surface area contributed by atoms with E-state index >= 15 is 0 Å². The van der Waals surface area contributed by atoms with E-state index in [1.807, 2.05) is 0 Å². The monoisotopic (exact) mass is 337 g/mol. The fraction of sp³-hybridized carbons (Fsp3) is 0.278. The first kappa shape index (κ1) is 18.0. The SMILES string of the molecule is CC(F)(F)c1ccc(CC(C(=O)[O-])C(O)c2ccc(F)cc2)cc1. The molecule has 0 fully saturated rings. The van der Waals surface area contributed by atoms with Gasteiger partial charge in [-0.05, 0) is 29.7 Å². The highest BCUT2D eigenvalue weighted by Gasteiger charge is 2.25. The number of halogens is 3. The molecule has 1 N–H and O–H groups in total. The summed E-state index contributed by atoms with van der Waals surface area (Å²) in [5, 5.41) is 21.6. The molecule has 0 aliphatic carbocycles. The van der Waals surface area contributed by atoms with Crippen LogP contribution in [0, 0.1) is 11.7 Å². The molecule has 0 spiro atoms. The minimum absolute atomic E-state index is 0.101. The van der Waals surface area contributed by atoms with Crippen molar-refractivity contribution < 1.29 is 28.2 Å². The normalized spacial score (nSPS) is 14.2. The maximum absolute atomic E-state index is 13.2. The Labute approximate surface area is 137 Å². The maximum atomic E-state index is 13.2. The summed E-state index contributed by atoms with van der Waals surface area (Å²) >= 11 is 0. The number of benzene rings is 2. The molecule has 6 heteroatoms. The summed E-state index contributed by atoms with van der Waals surface area (Å²) in [6.07, 6.45) is -1.50. The first-order valence-corrected chi connectivity index (χ1v) is 7.30. The van der Waals surface area contributed by atoms with E-state index in [-0.39, 0.29) is 17.5 Å². The molecule has 2 rings (SSSR count). The third-order valence-electron chi connectivity index (χ3n) is 3.81. The molecule has 0 saturated heterocycles. The number of rotatable bonds is 6. The van der Waals surface area contributed by atoms with Gasteiger partial charge < -0.3 is 15.0 Å². The van der Waals surface area contributed by atoms with Gasteiger partial charge >= 0.3 is 0 Å². The molecule has 0 aliphatic rings. The van der Waals surface area contributed by atoms with Gasteiger partial charge in [0.1, 0.15) is 5.82 Å². The highest BCUT2D eigenvalue weighted by Crippen LogP contribution is 2.29. The maximum Gasteiger partial charge on any atom is 0.270 e. The number of aliphatic hydroxyl groups excluding tert-OH is 1. The van der Waals surface area contributed by atoms with Crippen LogP contribution in [0.2, 0.25) is 0 Å². The summed E-state index contributed by atoms with van der Waals surface area (Å²) in [6, 6.07) is 10.0. The van der Waals surface area contributed by atoms with E-state index < -0.39 is 29.7 Å². The standard InChI is InChI=1S/C18H17F3O3/c1-18(20,21)13-6-2-11(3-7-13)10-15(17(23)24)16(22)12-4-8-14(19)9-5-12/h2-9,15-16,22H,10H2,1H3,(H,23,24)/p-1. The second-order valence-electron chi connectivity index (χ2n) is 5.71. The number of carboxylic acids is 1. The van der Waals surface area contributed by atoms with Crippen molar-refractivity contribution in [1.29, 1.82) is 0 Å². The second kappa shape index (κ2) is 7.05. The van der Waals surface area contributed by atoms with Gasteiger partial charge in [-0.2, -0.15) is 0 Å². The second-order valence-corrected chi connectivity index (χ2v) is 5.71. The van der Waals surface area contributed by atoms with Crippen molar-refractivity contribution >= 4 is 5.97 Å². The fourth-order valence-corrected chi connectivity index (χ4v) is 2.40. The molecule has 0 amide bonds. The number of aliphatic carboxylic acids is 1. The van der Waals surface area contributed by atoms with E-state index in [1.54, 1.807) is 0 Å². The van der Waals surface area contributed by atoms with Gasteiger partial charge in [0.2, 0.25) is 0 Å². The molecular formula is C18H16F3O3-. The van der Waals surface area contributed by atoms with Crippen molar-refractivity contribution in [1.82, 2.24) is 0 Å². The third-order valence-corrected chi connectivity index (χ3v) is 3.81. The zero-order valence-electron chi connectivity index (χ0n) is 12.9. The Hall–Kier alpha value is -2.34. The Kier molecular flexibility index (Phi) is 5.29. The molecule has 2 aromatic rings. The van der Waals surface area contributed by atoms with Crippen LogP contribution in [0.5, 0.6) is 0 Å². The highest BCUT2D eigenvalue weighted by atomic mass is 19.3. The number of alkyl halides is 2. The Morgan fingerprint density at radius 2 is 1.67 bits per heavy atom. The van der Waals surface area contributed by atoms with E-state index in [4.69, 9.17) is 0 Å². The molecule has 0 bridgehead atoms. The van der Waals surface area contributed by atoms with Crippen molar-refractivity contribution in [3.63, 3.8) is 0 Å². The molecule has 2 atom stereocenters. The van der Waals surface area contributed by atoms with Gasteiger partial charge in [0.05, 0.1) is 6.10 Å². The van der Waals surface area contributed by atoms with Crippen molar-refractivity contribution in [3.05, 3.63) is 71.0 Å². The molecule has 24 heavy (non-hydrogen) atoms. The van der Waals surface area contributed by atoms with Crippen molar-refractivity contribution in [2.45, 2.75) is 25.4 Å². The lowest BCUT2D eigenvalue weighted by atomic mass is 9.89. The van der Waals surface area contributed by atoms with Gasteiger partial charge in [-0.3, -0.25) is 0 Å². The van der Waals surface area contributed by atoms with Gasteiger partial charge in [-0.1, -0.05) is 36.4 Å². The minimum Gasteiger partial charge on any atom is -0.550 e. The lowest BCUT2D eigenvalue weighted by Crippen LogP contribution is -2.36. The van der Waals surface area contributed by atoms with Gasteiger partial charge in [0, 0.05) is 24.4 Å². The molecule has 3 nitrogen and oxygen atoms in total. The summed E-state index contributed by atoms with van der Waals surface area (Å²) in [6.45, 7) is 0.768. The molecule has 0 saturated carbocycles. The third kappa shape index (κ3) is 4.35. The Morgan fingerprint density at radius 3 is 2.12 bits per heavy atom. The molecule has 128 valence electrons. The lowest BCUT2D eigenvalue weighted by Gasteiger charge is -2.24. The highest BCUT2D eigenvalue weighted by molar-refractivity contribution is 5.69. The zero-order chi connectivity index (χ0) is 17.9. The van der Waals surface area contributed by atoms with Crippen LogP contribution in [0.25, 0.3) is 0 Å². The molecule has 0 radical (unpaired) electrons. The fourth-order valence-electron chi connectivity index (χ4n) is 2.40. The lowest BCUT2D eigenvalue weighted by molar-refractivity contribution is -0.314. The van der Waals surface area contributed by atoms with Crippen LogP contribution in [0.1, 0.15) is 29.7 Å². The topological polar surface area (TPSA) is 60.4 Å². The first-order chi connectivity index (χ1) is 11.2. The molecule has 0 heterocycles.